The zero-order chi connectivity index (χ0) is 13.0. The molecule has 0 bridgehead atoms. The number of H-pyrrole nitrogens is 1. The second kappa shape index (κ2) is 5.68. The summed E-state index contributed by atoms with van der Waals surface area (Å²) in [5, 5.41) is 9.40. The van der Waals surface area contributed by atoms with Gasteiger partial charge in [0.25, 0.3) is 5.91 Å². The third-order valence-electron chi connectivity index (χ3n) is 2.29. The van der Waals surface area contributed by atoms with Crippen LogP contribution in [0.4, 0.5) is 5.82 Å². The van der Waals surface area contributed by atoms with E-state index in [1.165, 1.54) is 0 Å². The van der Waals surface area contributed by atoms with E-state index in [4.69, 9.17) is 4.74 Å². The SMILES string of the molecule is Cc1cc(NC(=O)c2ccc(OCBr)cc2)n[nH]1. The third kappa shape index (κ3) is 3.10. The molecular weight excluding hydrogens is 298 g/mol. The minimum absolute atomic E-state index is 0.202. The third-order valence-corrected chi connectivity index (χ3v) is 2.51. The van der Waals surface area contributed by atoms with Crippen molar-refractivity contribution in [1.82, 2.24) is 10.2 Å². The molecule has 2 aromatic rings. The van der Waals surface area contributed by atoms with E-state index in [2.05, 4.69) is 31.4 Å². The Labute approximate surface area is 113 Å². The summed E-state index contributed by atoms with van der Waals surface area (Å²) in [4.78, 5) is 11.9. The van der Waals surface area contributed by atoms with Crippen molar-refractivity contribution in [3.05, 3.63) is 41.6 Å². The number of aryl methyl sites for hydroxylation is 1. The number of nitrogens with zero attached hydrogens (tertiary/aromatic N) is 1. The van der Waals surface area contributed by atoms with Gasteiger partial charge in [0, 0.05) is 17.3 Å². The molecule has 0 aliphatic carbocycles. The number of nitrogens with one attached hydrogen (secondary N) is 2. The smallest absolute Gasteiger partial charge is 0.256 e. The molecule has 1 aromatic carbocycles. The number of hydrogen-bond acceptors (Lipinski definition) is 3. The lowest BCUT2D eigenvalue weighted by Gasteiger charge is -2.04. The van der Waals surface area contributed by atoms with E-state index in [1.807, 2.05) is 6.92 Å². The fraction of sp³-hybridized carbons (Fsp3) is 0.167. The van der Waals surface area contributed by atoms with E-state index in [-0.39, 0.29) is 5.91 Å². The van der Waals surface area contributed by atoms with Gasteiger partial charge in [-0.25, -0.2) is 0 Å². The van der Waals surface area contributed by atoms with E-state index in [0.29, 0.717) is 22.6 Å². The topological polar surface area (TPSA) is 67.0 Å². The molecule has 0 fully saturated rings. The Kier molecular flexibility index (Phi) is 3.99. The maximum Gasteiger partial charge on any atom is 0.256 e. The van der Waals surface area contributed by atoms with E-state index in [9.17, 15) is 4.79 Å². The summed E-state index contributed by atoms with van der Waals surface area (Å²) in [5.74, 6) is 1.02. The van der Waals surface area contributed by atoms with Gasteiger partial charge in [-0.1, -0.05) is 0 Å². The molecule has 94 valence electrons. The average molecular weight is 310 g/mol. The van der Waals surface area contributed by atoms with E-state index >= 15 is 0 Å². The summed E-state index contributed by atoms with van der Waals surface area (Å²) in [6, 6.07) is 8.65. The summed E-state index contributed by atoms with van der Waals surface area (Å²) < 4.78 is 5.23. The summed E-state index contributed by atoms with van der Waals surface area (Å²) in [7, 11) is 0. The van der Waals surface area contributed by atoms with Crippen molar-refractivity contribution in [2.45, 2.75) is 6.92 Å². The Balaban J connectivity index is 2.04. The first-order valence-corrected chi connectivity index (χ1v) is 6.43. The van der Waals surface area contributed by atoms with Gasteiger partial charge in [0.15, 0.2) is 5.82 Å². The molecule has 0 aliphatic heterocycles. The normalized spacial score (nSPS) is 10.1. The van der Waals surface area contributed by atoms with Gasteiger partial charge in [-0.2, -0.15) is 5.10 Å². The highest BCUT2D eigenvalue weighted by atomic mass is 79.9. The summed E-state index contributed by atoms with van der Waals surface area (Å²) in [6.07, 6.45) is 0. The zero-order valence-electron chi connectivity index (χ0n) is 9.74. The predicted octanol–water partition coefficient (Wildman–Crippen LogP) is 2.70. The quantitative estimate of drug-likeness (QED) is 0.853. The number of rotatable bonds is 4. The van der Waals surface area contributed by atoms with Gasteiger partial charge in [-0.05, 0) is 47.1 Å². The molecular formula is C12H12BrN3O2. The first kappa shape index (κ1) is 12.6. The van der Waals surface area contributed by atoms with Crippen LogP contribution in [0.15, 0.2) is 30.3 Å². The molecule has 1 amide bonds. The molecule has 18 heavy (non-hydrogen) atoms. The van der Waals surface area contributed by atoms with Crippen molar-refractivity contribution in [2.75, 3.05) is 10.8 Å². The molecule has 6 heteroatoms. The van der Waals surface area contributed by atoms with Crippen LogP contribution in [0.5, 0.6) is 5.75 Å². The highest BCUT2D eigenvalue weighted by Crippen LogP contribution is 2.14. The molecule has 0 saturated heterocycles. The first-order valence-electron chi connectivity index (χ1n) is 5.31. The minimum atomic E-state index is -0.202. The Hall–Kier alpha value is -1.82. The van der Waals surface area contributed by atoms with Crippen molar-refractivity contribution in [3.63, 3.8) is 0 Å². The molecule has 0 saturated carbocycles. The minimum Gasteiger partial charge on any atom is -0.482 e. The Bertz CT molecular complexity index is 537. The number of anilines is 1. The molecule has 5 nitrogen and oxygen atoms in total. The fourth-order valence-electron chi connectivity index (χ4n) is 1.44. The van der Waals surface area contributed by atoms with Crippen molar-refractivity contribution in [1.29, 1.82) is 0 Å². The number of amides is 1. The monoisotopic (exact) mass is 309 g/mol. The molecule has 0 spiro atoms. The average Bonchev–Trinajstić information content (AvgIpc) is 2.76. The first-order chi connectivity index (χ1) is 8.69. The zero-order valence-corrected chi connectivity index (χ0v) is 11.3. The molecule has 1 heterocycles. The van der Waals surface area contributed by atoms with Crippen molar-refractivity contribution < 1.29 is 9.53 Å². The summed E-state index contributed by atoms with van der Waals surface area (Å²) in [6.45, 7) is 1.87. The maximum atomic E-state index is 11.9. The van der Waals surface area contributed by atoms with E-state index in [0.717, 1.165) is 5.69 Å². The number of benzene rings is 1. The lowest BCUT2D eigenvalue weighted by atomic mass is 10.2. The number of alkyl halides is 1. The molecule has 0 aliphatic rings. The fourth-order valence-corrected chi connectivity index (χ4v) is 1.70. The van der Waals surface area contributed by atoms with Crippen LogP contribution in [0.2, 0.25) is 0 Å². The maximum absolute atomic E-state index is 11.9. The molecule has 1 aromatic heterocycles. The largest absolute Gasteiger partial charge is 0.482 e. The Morgan fingerprint density at radius 1 is 1.44 bits per heavy atom. The van der Waals surface area contributed by atoms with Gasteiger partial charge in [0.2, 0.25) is 0 Å². The van der Waals surface area contributed by atoms with Crippen LogP contribution >= 0.6 is 15.9 Å². The standard InChI is InChI=1S/C12H12BrN3O2/c1-8-6-11(16-15-8)14-12(17)9-2-4-10(5-3-9)18-7-13/h2-6H,7H2,1H3,(H2,14,15,16,17). The number of hydrogen-bond donors (Lipinski definition) is 2. The van der Waals surface area contributed by atoms with Gasteiger partial charge in [-0.15, -0.1) is 0 Å². The lowest BCUT2D eigenvalue weighted by molar-refractivity contribution is 0.102. The van der Waals surface area contributed by atoms with Crippen LogP contribution in [-0.2, 0) is 0 Å². The number of ether oxygens (including phenoxy) is 1. The van der Waals surface area contributed by atoms with Crippen LogP contribution in [0.1, 0.15) is 16.1 Å². The molecule has 2 rings (SSSR count). The lowest BCUT2D eigenvalue weighted by Crippen LogP contribution is -2.12. The number of carbonyl (C=O) groups excluding carboxylic acids is 1. The highest BCUT2D eigenvalue weighted by Gasteiger charge is 2.07. The number of halogens is 1. The summed E-state index contributed by atoms with van der Waals surface area (Å²) >= 11 is 3.17. The Morgan fingerprint density at radius 2 is 2.17 bits per heavy atom. The summed E-state index contributed by atoms with van der Waals surface area (Å²) in [5.41, 5.74) is 1.87. The predicted molar refractivity (Wildman–Crippen MR) is 72.1 cm³/mol. The molecule has 2 N–H and O–H groups in total. The van der Waals surface area contributed by atoms with Crippen molar-refractivity contribution in [3.8, 4) is 5.75 Å². The van der Waals surface area contributed by atoms with Crippen LogP contribution < -0.4 is 10.1 Å². The van der Waals surface area contributed by atoms with Crippen LogP contribution in [0.25, 0.3) is 0 Å². The Morgan fingerprint density at radius 3 is 2.72 bits per heavy atom. The number of carbonyl (C=O) groups is 1. The van der Waals surface area contributed by atoms with Crippen molar-refractivity contribution in [2.24, 2.45) is 0 Å². The van der Waals surface area contributed by atoms with Crippen LogP contribution in [0, 0.1) is 6.92 Å². The van der Waals surface area contributed by atoms with Gasteiger partial charge in [-0.3, -0.25) is 9.89 Å². The van der Waals surface area contributed by atoms with Crippen molar-refractivity contribution >= 4 is 27.7 Å². The second-order valence-corrected chi connectivity index (χ2v) is 4.13. The van der Waals surface area contributed by atoms with Gasteiger partial charge < -0.3 is 10.1 Å². The molecule has 0 unspecified atom stereocenters. The second-order valence-electron chi connectivity index (χ2n) is 3.67. The number of aromatic amines is 1. The molecule has 0 atom stereocenters. The number of aromatic nitrogens is 2. The van der Waals surface area contributed by atoms with Crippen LogP contribution in [-0.4, -0.2) is 21.6 Å². The van der Waals surface area contributed by atoms with E-state index < -0.39 is 0 Å². The van der Waals surface area contributed by atoms with Gasteiger partial charge >= 0.3 is 0 Å². The van der Waals surface area contributed by atoms with Gasteiger partial charge in [0.05, 0.1) is 0 Å². The molecule has 0 radical (unpaired) electrons. The van der Waals surface area contributed by atoms with Crippen LogP contribution in [0.3, 0.4) is 0 Å². The van der Waals surface area contributed by atoms with Gasteiger partial charge in [0.1, 0.15) is 11.3 Å². The van der Waals surface area contributed by atoms with E-state index in [1.54, 1.807) is 30.3 Å². The highest BCUT2D eigenvalue weighted by molar-refractivity contribution is 9.09.